The lowest BCUT2D eigenvalue weighted by molar-refractivity contribution is -0.153. The number of fused-ring (bicyclic) bond motifs is 1. The fourth-order valence-electron chi connectivity index (χ4n) is 2.90. The molecule has 9 heteroatoms. The number of aryl methyl sites for hydroxylation is 1. The molecule has 0 spiro atoms. The zero-order chi connectivity index (χ0) is 18.9. The summed E-state index contributed by atoms with van der Waals surface area (Å²) in [6, 6.07) is 5.68. The molecule has 2 N–H and O–H groups in total. The average Bonchev–Trinajstić information content (AvgIpc) is 3.19. The Balaban J connectivity index is 1.65. The van der Waals surface area contributed by atoms with E-state index in [2.05, 4.69) is 20.0 Å². The highest BCUT2D eigenvalue weighted by Crippen LogP contribution is 2.35. The largest absolute Gasteiger partial charge is 0.452 e. The van der Waals surface area contributed by atoms with Crippen LogP contribution in [0.5, 0.6) is 0 Å². The van der Waals surface area contributed by atoms with E-state index >= 15 is 0 Å². The molecule has 0 radical (unpaired) electrons. The van der Waals surface area contributed by atoms with Crippen LogP contribution in [0.15, 0.2) is 29.0 Å². The zero-order valence-corrected chi connectivity index (χ0v) is 13.8. The van der Waals surface area contributed by atoms with Crippen molar-refractivity contribution in [2.24, 2.45) is 0 Å². The first-order valence-corrected chi connectivity index (χ1v) is 8.03. The normalized spacial score (nSPS) is 16.3. The summed E-state index contributed by atoms with van der Waals surface area (Å²) in [6.45, 7) is 2.02. The van der Waals surface area contributed by atoms with E-state index in [1.807, 2.05) is 25.1 Å². The van der Waals surface area contributed by atoms with Gasteiger partial charge in [0.25, 0.3) is 5.91 Å². The number of halogens is 3. The van der Waals surface area contributed by atoms with Gasteiger partial charge >= 0.3 is 6.18 Å². The first kappa shape index (κ1) is 18.0. The van der Waals surface area contributed by atoms with Gasteiger partial charge in [-0.25, -0.2) is 4.98 Å². The van der Waals surface area contributed by atoms with Crippen molar-refractivity contribution in [3.05, 3.63) is 47.2 Å². The summed E-state index contributed by atoms with van der Waals surface area (Å²) in [6.07, 6.45) is -3.15. The summed E-state index contributed by atoms with van der Waals surface area (Å²) < 4.78 is 42.5. The van der Waals surface area contributed by atoms with Gasteiger partial charge in [0, 0.05) is 12.2 Å². The number of amides is 2. The molecule has 0 saturated carbocycles. The van der Waals surface area contributed by atoms with Gasteiger partial charge in [-0.05, 0) is 30.0 Å². The lowest BCUT2D eigenvalue weighted by atomic mass is 9.95. The van der Waals surface area contributed by atoms with Gasteiger partial charge in [0.15, 0.2) is 12.1 Å². The van der Waals surface area contributed by atoms with Crippen LogP contribution in [0.3, 0.4) is 0 Å². The molecule has 1 aliphatic rings. The molecule has 1 unspecified atom stereocenters. The number of rotatable bonds is 5. The molecule has 2 aromatic rings. The summed E-state index contributed by atoms with van der Waals surface area (Å²) in [5.74, 6) is -3.09. The predicted molar refractivity (Wildman–Crippen MR) is 85.6 cm³/mol. The number of carbonyl (C=O) groups is 2. The lowest BCUT2D eigenvalue weighted by Crippen LogP contribution is -2.29. The fraction of sp³-hybridized carbons (Fsp3) is 0.353. The highest BCUT2D eigenvalue weighted by atomic mass is 19.4. The van der Waals surface area contributed by atoms with Gasteiger partial charge in [-0.3, -0.25) is 9.59 Å². The summed E-state index contributed by atoms with van der Waals surface area (Å²) in [7, 11) is 0. The Morgan fingerprint density at radius 1 is 1.38 bits per heavy atom. The molecule has 3 rings (SSSR count). The number of hydrogen-bond donors (Lipinski definition) is 2. The molecule has 6 nitrogen and oxygen atoms in total. The van der Waals surface area contributed by atoms with Crippen molar-refractivity contribution >= 4 is 17.5 Å². The van der Waals surface area contributed by atoms with Crippen LogP contribution in [0.25, 0.3) is 0 Å². The van der Waals surface area contributed by atoms with Crippen molar-refractivity contribution in [3.8, 4) is 0 Å². The summed E-state index contributed by atoms with van der Waals surface area (Å²) in [5.41, 5.74) is 1.81. The van der Waals surface area contributed by atoms with E-state index in [0.29, 0.717) is 6.39 Å². The predicted octanol–water partition coefficient (Wildman–Crippen LogP) is 3.11. The molecule has 0 saturated heterocycles. The third kappa shape index (κ3) is 3.42. The van der Waals surface area contributed by atoms with Crippen LogP contribution >= 0.6 is 0 Å². The van der Waals surface area contributed by atoms with Gasteiger partial charge < -0.3 is 15.1 Å². The Bertz CT molecular complexity index is 845. The van der Waals surface area contributed by atoms with E-state index in [1.165, 1.54) is 0 Å². The second-order valence-corrected chi connectivity index (χ2v) is 5.89. The summed E-state index contributed by atoms with van der Waals surface area (Å²) in [4.78, 5) is 27.4. The maximum Gasteiger partial charge on any atom is 0.452 e. The van der Waals surface area contributed by atoms with Gasteiger partial charge in [-0.1, -0.05) is 19.1 Å². The number of carbonyl (C=O) groups excluding carboxylic acids is 2. The van der Waals surface area contributed by atoms with Crippen molar-refractivity contribution < 1.29 is 27.2 Å². The first-order chi connectivity index (χ1) is 12.3. The second kappa shape index (κ2) is 6.81. The number of hydrogen-bond acceptors (Lipinski definition) is 4. The van der Waals surface area contributed by atoms with E-state index in [-0.39, 0.29) is 18.9 Å². The van der Waals surface area contributed by atoms with E-state index in [4.69, 9.17) is 0 Å². The molecule has 1 atom stereocenters. The van der Waals surface area contributed by atoms with E-state index in [9.17, 15) is 22.8 Å². The molecule has 2 amide bonds. The second-order valence-electron chi connectivity index (χ2n) is 5.89. The number of nitrogens with one attached hydrogen (secondary N) is 2. The molecule has 1 aliphatic heterocycles. The number of oxazole rings is 1. The topological polar surface area (TPSA) is 84.2 Å². The molecular weight excluding hydrogens is 351 g/mol. The first-order valence-electron chi connectivity index (χ1n) is 8.03. The number of anilines is 1. The average molecular weight is 367 g/mol. The molecule has 0 aliphatic carbocycles. The van der Waals surface area contributed by atoms with Crippen LogP contribution in [-0.4, -0.2) is 23.3 Å². The monoisotopic (exact) mass is 367 g/mol. The van der Waals surface area contributed by atoms with Crippen molar-refractivity contribution in [3.63, 3.8) is 0 Å². The standard InChI is InChI=1S/C17H16F3N3O3/c1-2-9-3-4-12-11(7-9)10(15(24)23-12)5-6-21-16(25)13-14(17(18,19)20)26-8-22-13/h3-4,7-8,10H,2,5-6H2,1H3,(H,21,25)(H,23,24). The summed E-state index contributed by atoms with van der Waals surface area (Å²) >= 11 is 0. The highest BCUT2D eigenvalue weighted by molar-refractivity contribution is 6.03. The Morgan fingerprint density at radius 3 is 2.85 bits per heavy atom. The SMILES string of the molecule is CCc1ccc2c(c1)C(CCNC(=O)c1ncoc1C(F)(F)F)C(=O)N2. The molecule has 0 bridgehead atoms. The maximum atomic E-state index is 12.7. The molecule has 1 aromatic heterocycles. The van der Waals surface area contributed by atoms with Crippen molar-refractivity contribution in [1.29, 1.82) is 0 Å². The fourth-order valence-corrected chi connectivity index (χ4v) is 2.90. The van der Waals surface area contributed by atoms with Gasteiger partial charge in [0.05, 0.1) is 5.92 Å². The van der Waals surface area contributed by atoms with E-state index < -0.39 is 29.5 Å². The van der Waals surface area contributed by atoms with E-state index in [0.717, 1.165) is 23.2 Å². The van der Waals surface area contributed by atoms with Crippen molar-refractivity contribution in [1.82, 2.24) is 10.3 Å². The number of alkyl halides is 3. The van der Waals surface area contributed by atoms with Gasteiger partial charge in [-0.2, -0.15) is 13.2 Å². The van der Waals surface area contributed by atoms with Crippen molar-refractivity contribution in [2.75, 3.05) is 11.9 Å². The Hall–Kier alpha value is -2.84. The van der Waals surface area contributed by atoms with Gasteiger partial charge in [0.2, 0.25) is 11.7 Å². The van der Waals surface area contributed by atoms with Gasteiger partial charge in [-0.15, -0.1) is 0 Å². The van der Waals surface area contributed by atoms with Crippen LogP contribution in [0, 0.1) is 0 Å². The molecule has 26 heavy (non-hydrogen) atoms. The number of benzene rings is 1. The number of aromatic nitrogens is 1. The Labute approximate surface area is 146 Å². The smallest absolute Gasteiger partial charge is 0.438 e. The van der Waals surface area contributed by atoms with Gasteiger partial charge in [0.1, 0.15) is 0 Å². The third-order valence-electron chi connectivity index (χ3n) is 4.23. The van der Waals surface area contributed by atoms with Crippen LogP contribution in [0.4, 0.5) is 18.9 Å². The quantitative estimate of drug-likeness (QED) is 0.851. The van der Waals surface area contributed by atoms with Crippen LogP contribution in [0.2, 0.25) is 0 Å². The molecule has 1 aromatic carbocycles. The highest BCUT2D eigenvalue weighted by Gasteiger charge is 2.40. The zero-order valence-electron chi connectivity index (χ0n) is 13.8. The van der Waals surface area contributed by atoms with Crippen LogP contribution in [-0.2, 0) is 17.4 Å². The minimum absolute atomic E-state index is 0.0247. The van der Waals surface area contributed by atoms with Crippen molar-refractivity contribution in [2.45, 2.75) is 31.9 Å². The molecule has 0 fully saturated rings. The van der Waals surface area contributed by atoms with Crippen LogP contribution in [0.1, 0.15) is 46.6 Å². The minimum atomic E-state index is -4.80. The maximum absolute atomic E-state index is 12.7. The van der Waals surface area contributed by atoms with Crippen LogP contribution < -0.4 is 10.6 Å². The third-order valence-corrected chi connectivity index (χ3v) is 4.23. The molecule has 2 heterocycles. The van der Waals surface area contributed by atoms with E-state index in [1.54, 1.807) is 0 Å². The molecule has 138 valence electrons. The Morgan fingerprint density at radius 2 is 2.15 bits per heavy atom. The lowest BCUT2D eigenvalue weighted by Gasteiger charge is -2.11. The Kier molecular flexibility index (Phi) is 4.71. The minimum Gasteiger partial charge on any atom is -0.438 e. The summed E-state index contributed by atoms with van der Waals surface area (Å²) in [5, 5.41) is 5.13. The number of nitrogens with zero attached hydrogens (tertiary/aromatic N) is 1. The molecular formula is C17H16F3N3O3.